The summed E-state index contributed by atoms with van der Waals surface area (Å²) in [6, 6.07) is 6.02. The molecule has 2 fully saturated rings. The van der Waals surface area contributed by atoms with Gasteiger partial charge >= 0.3 is 24.1 Å². The number of nitrogen functional groups attached to an aromatic ring is 1. The zero-order valence-corrected chi connectivity index (χ0v) is 33.4. The van der Waals surface area contributed by atoms with Crippen LogP contribution in [0.2, 0.25) is 10.0 Å². The van der Waals surface area contributed by atoms with Gasteiger partial charge in [0.2, 0.25) is 18.1 Å². The molecule has 0 aliphatic carbocycles. The fourth-order valence-electron chi connectivity index (χ4n) is 6.88. The van der Waals surface area contributed by atoms with Gasteiger partial charge in [0, 0.05) is 29.4 Å². The number of anilines is 3. The van der Waals surface area contributed by atoms with Crippen LogP contribution in [0.1, 0.15) is 71.9 Å². The van der Waals surface area contributed by atoms with Gasteiger partial charge in [0.15, 0.2) is 0 Å². The smallest absolute Gasteiger partial charge is 0.416 e. The maximum atomic E-state index is 14.6. The third-order valence-corrected chi connectivity index (χ3v) is 10.5. The summed E-state index contributed by atoms with van der Waals surface area (Å²) < 4.78 is 50.2. The molecule has 3 aromatic carbocycles. The molecule has 0 aromatic heterocycles. The second kappa shape index (κ2) is 18.1. The van der Waals surface area contributed by atoms with Gasteiger partial charge in [0.05, 0.1) is 33.9 Å². The van der Waals surface area contributed by atoms with Crippen molar-refractivity contribution in [2.75, 3.05) is 29.5 Å². The fraction of sp³-hybridized carbons (Fsp3) is 0.385. The standard InChI is InChI=1S/C39H41Cl2F3N6O9/c1-4-58-36-28(17-30(51)59-36)47-33(53)29-9-6-12-50(29)34(54)31(49-32(52)19-10-11-26(45)25(41)14-19)38(2,3)18-20-13-23(35(55)56)27(16-24(20)40)48-37(57)46-22-8-5-7-21(15-22)39(42,43)44/h5,7-8,10-11,13-16,28-29,31,36H,4,6,9,12,17-18,45H2,1-3H3,(H,47,53)(H,49,52)(H,55,56)(H2,46,48,57)/t28-,29-,31+,36+/m0/s1. The highest BCUT2D eigenvalue weighted by atomic mass is 35.5. The summed E-state index contributed by atoms with van der Waals surface area (Å²) in [5.41, 5.74) is 3.04. The van der Waals surface area contributed by atoms with Crippen LogP contribution in [-0.2, 0) is 36.5 Å². The number of carboxylic acids is 1. The number of aromatic carboxylic acids is 1. The van der Waals surface area contributed by atoms with Crippen molar-refractivity contribution in [3.63, 3.8) is 0 Å². The van der Waals surface area contributed by atoms with E-state index < -0.39 is 82.8 Å². The average molecular weight is 866 g/mol. The van der Waals surface area contributed by atoms with Crippen molar-refractivity contribution in [3.05, 3.63) is 86.9 Å². The maximum absolute atomic E-state index is 14.6. The summed E-state index contributed by atoms with van der Waals surface area (Å²) in [6.45, 7) is 5.29. The largest absolute Gasteiger partial charge is 0.478 e. The molecule has 59 heavy (non-hydrogen) atoms. The molecule has 2 saturated heterocycles. The van der Waals surface area contributed by atoms with Crippen LogP contribution >= 0.6 is 23.2 Å². The topological polar surface area (TPSA) is 218 Å². The van der Waals surface area contributed by atoms with E-state index in [4.69, 9.17) is 38.4 Å². The Morgan fingerprint density at radius 2 is 1.76 bits per heavy atom. The molecule has 2 aliphatic heterocycles. The van der Waals surface area contributed by atoms with E-state index in [-0.39, 0.29) is 70.6 Å². The molecule has 0 radical (unpaired) electrons. The van der Waals surface area contributed by atoms with Crippen molar-refractivity contribution in [3.8, 4) is 0 Å². The molecule has 0 bridgehead atoms. The molecule has 2 aliphatic rings. The number of cyclic esters (lactones) is 1. The van der Waals surface area contributed by atoms with Crippen molar-refractivity contribution in [2.45, 2.75) is 77.0 Å². The van der Waals surface area contributed by atoms with Crippen molar-refractivity contribution >= 4 is 76.0 Å². The number of alkyl halides is 3. The summed E-state index contributed by atoms with van der Waals surface area (Å²) in [5, 5.41) is 20.2. The number of carbonyl (C=O) groups excluding carboxylic acids is 5. The van der Waals surface area contributed by atoms with E-state index in [1.165, 1.54) is 35.2 Å². The van der Waals surface area contributed by atoms with Crippen molar-refractivity contribution in [2.24, 2.45) is 5.41 Å². The van der Waals surface area contributed by atoms with Crippen molar-refractivity contribution in [1.29, 1.82) is 0 Å². The van der Waals surface area contributed by atoms with Gasteiger partial charge in [-0.25, -0.2) is 9.59 Å². The Morgan fingerprint density at radius 1 is 1.03 bits per heavy atom. The first-order chi connectivity index (χ1) is 27.7. The molecule has 5 rings (SSSR count). The predicted molar refractivity (Wildman–Crippen MR) is 210 cm³/mol. The number of nitrogens with one attached hydrogen (secondary N) is 4. The van der Waals surface area contributed by atoms with Crippen LogP contribution in [0.25, 0.3) is 0 Å². The van der Waals surface area contributed by atoms with Gasteiger partial charge in [0.25, 0.3) is 5.91 Å². The van der Waals surface area contributed by atoms with E-state index >= 15 is 0 Å². The second-order valence-electron chi connectivity index (χ2n) is 14.6. The lowest BCUT2D eigenvalue weighted by Gasteiger charge is -2.38. The van der Waals surface area contributed by atoms with Crippen LogP contribution < -0.4 is 27.0 Å². The number of amides is 5. The molecule has 4 atom stereocenters. The lowest BCUT2D eigenvalue weighted by atomic mass is 9.77. The van der Waals surface area contributed by atoms with Crippen LogP contribution in [0, 0.1) is 5.41 Å². The normalized spacial score (nSPS) is 18.5. The highest BCUT2D eigenvalue weighted by Gasteiger charge is 2.46. The quantitative estimate of drug-likeness (QED) is 0.0858. The number of carbonyl (C=O) groups is 6. The van der Waals surface area contributed by atoms with E-state index in [9.17, 15) is 47.0 Å². The molecule has 0 unspecified atom stereocenters. The molecule has 2 heterocycles. The molecule has 5 amide bonds. The molecule has 3 aromatic rings. The number of likely N-dealkylation sites (tertiary alicyclic amines) is 1. The Kier molecular flexibility index (Phi) is 13.7. The molecule has 7 N–H and O–H groups in total. The second-order valence-corrected chi connectivity index (χ2v) is 15.4. The minimum Gasteiger partial charge on any atom is -0.478 e. The van der Waals surface area contributed by atoms with Crippen LogP contribution in [-0.4, -0.2) is 83.3 Å². The summed E-state index contributed by atoms with van der Waals surface area (Å²) in [7, 11) is 0. The Hall–Kier alpha value is -5.59. The van der Waals surface area contributed by atoms with Crippen LogP contribution in [0.15, 0.2) is 54.6 Å². The number of nitrogens with zero attached hydrogens (tertiary/aromatic N) is 1. The van der Waals surface area contributed by atoms with E-state index in [2.05, 4.69) is 21.3 Å². The van der Waals surface area contributed by atoms with Crippen LogP contribution in [0.4, 0.5) is 35.0 Å². The minimum absolute atomic E-state index is 0.0594. The van der Waals surface area contributed by atoms with Crippen molar-refractivity contribution in [1.82, 2.24) is 15.5 Å². The summed E-state index contributed by atoms with van der Waals surface area (Å²) in [4.78, 5) is 80.7. The first kappa shape index (κ1) is 44.5. The zero-order chi connectivity index (χ0) is 43.4. The first-order valence-electron chi connectivity index (χ1n) is 18.3. The minimum atomic E-state index is -4.68. The fourth-order valence-corrected chi connectivity index (χ4v) is 7.29. The summed E-state index contributed by atoms with van der Waals surface area (Å²) >= 11 is 12.9. The third-order valence-electron chi connectivity index (χ3n) is 9.79. The molecular weight excluding hydrogens is 824 g/mol. The number of benzene rings is 3. The number of nitrogens with two attached hydrogens (primary N) is 1. The van der Waals surface area contributed by atoms with Gasteiger partial charge in [-0.2, -0.15) is 13.2 Å². The van der Waals surface area contributed by atoms with E-state index in [0.717, 1.165) is 18.2 Å². The Morgan fingerprint density at radius 3 is 2.42 bits per heavy atom. The maximum Gasteiger partial charge on any atom is 0.416 e. The third kappa shape index (κ3) is 10.7. The average Bonchev–Trinajstić information content (AvgIpc) is 3.78. The Bertz CT molecular complexity index is 2150. The Balaban J connectivity index is 1.42. The SMILES string of the molecule is CCO[C@@H]1OC(=O)C[C@@H]1NC(=O)[C@@H]1CCCN1C(=O)[C@@H](NC(=O)c1ccc(N)c(Cl)c1)C(C)(C)Cc1cc(C(=O)O)c(NC(=O)Nc2cccc(C(F)(F)F)c2)cc1Cl. The monoisotopic (exact) mass is 864 g/mol. The molecule has 15 nitrogen and oxygen atoms in total. The lowest BCUT2D eigenvalue weighted by Crippen LogP contribution is -2.59. The van der Waals surface area contributed by atoms with Gasteiger partial charge in [0.1, 0.15) is 18.1 Å². The first-order valence-corrected chi connectivity index (χ1v) is 19.0. The van der Waals surface area contributed by atoms with Crippen LogP contribution in [0.3, 0.4) is 0 Å². The molecule has 0 spiro atoms. The zero-order valence-electron chi connectivity index (χ0n) is 31.9. The van der Waals surface area contributed by atoms with Gasteiger partial charge in [-0.3, -0.25) is 19.2 Å². The van der Waals surface area contributed by atoms with Crippen LogP contribution in [0.5, 0.6) is 0 Å². The number of rotatable bonds is 13. The molecule has 20 heteroatoms. The predicted octanol–water partition coefficient (Wildman–Crippen LogP) is 6.09. The molecular formula is C39H41Cl2F3N6O9. The highest BCUT2D eigenvalue weighted by molar-refractivity contribution is 6.33. The van der Waals surface area contributed by atoms with Gasteiger partial charge in [-0.05, 0) is 85.7 Å². The number of carboxylic acid groups (broad SMARTS) is 1. The number of hydrogen-bond acceptors (Lipinski definition) is 9. The summed E-state index contributed by atoms with van der Waals surface area (Å²) in [6.07, 6.45) is -5.28. The lowest BCUT2D eigenvalue weighted by molar-refractivity contribution is -0.164. The van der Waals surface area contributed by atoms with Gasteiger partial charge in [-0.15, -0.1) is 0 Å². The van der Waals surface area contributed by atoms with E-state index in [0.29, 0.717) is 12.5 Å². The molecule has 0 saturated carbocycles. The number of halogens is 5. The van der Waals surface area contributed by atoms with Gasteiger partial charge < -0.3 is 46.5 Å². The van der Waals surface area contributed by atoms with E-state index in [1.54, 1.807) is 20.8 Å². The number of hydrogen-bond donors (Lipinski definition) is 6. The number of ether oxygens (including phenoxy) is 2. The molecule has 316 valence electrons. The summed E-state index contributed by atoms with van der Waals surface area (Å²) in [5.74, 6) is -3.99. The van der Waals surface area contributed by atoms with Gasteiger partial charge in [-0.1, -0.05) is 43.1 Å². The van der Waals surface area contributed by atoms with Crippen molar-refractivity contribution < 1.29 is 56.5 Å². The van der Waals surface area contributed by atoms with E-state index in [1.807, 2.05) is 0 Å². The number of esters is 1. The Labute approximate surface area is 346 Å². The number of urea groups is 1. The highest BCUT2D eigenvalue weighted by Crippen LogP contribution is 2.36.